The molecular weight excluding hydrogens is 358 g/mol. The van der Waals surface area contributed by atoms with Gasteiger partial charge in [0.15, 0.2) is 0 Å². The molecule has 3 heterocycles. The van der Waals surface area contributed by atoms with Crippen molar-refractivity contribution in [2.75, 3.05) is 13.2 Å². The molecule has 4 rings (SSSR count). The summed E-state index contributed by atoms with van der Waals surface area (Å²) in [6.45, 7) is 3.31. The van der Waals surface area contributed by atoms with Gasteiger partial charge in [-0.2, -0.15) is 0 Å². The maximum atomic E-state index is 12.9. The Morgan fingerprint density at radius 3 is 3.11 bits per heavy atom. The minimum Gasteiger partial charge on any atom is -0.491 e. The lowest BCUT2D eigenvalue weighted by Gasteiger charge is -2.24. The Balaban J connectivity index is 1.51. The van der Waals surface area contributed by atoms with E-state index in [2.05, 4.69) is 15.3 Å². The number of rotatable bonds is 4. The molecule has 1 aromatic carbocycles. The number of imidazole rings is 1. The van der Waals surface area contributed by atoms with Crippen LogP contribution in [0.25, 0.3) is 5.78 Å². The van der Waals surface area contributed by atoms with E-state index in [-0.39, 0.29) is 18.7 Å². The van der Waals surface area contributed by atoms with E-state index in [1.54, 1.807) is 11.1 Å². The number of aliphatic hydroxyl groups is 1. The largest absolute Gasteiger partial charge is 0.491 e. The first-order valence-electron chi connectivity index (χ1n) is 9.38. The monoisotopic (exact) mass is 381 g/mol. The molecule has 0 spiro atoms. The van der Waals surface area contributed by atoms with Crippen LogP contribution in [0.3, 0.4) is 0 Å². The van der Waals surface area contributed by atoms with Gasteiger partial charge in [0.25, 0.3) is 0 Å². The molecule has 28 heavy (non-hydrogen) atoms. The van der Waals surface area contributed by atoms with Crippen LogP contribution in [0, 0.1) is 0 Å². The van der Waals surface area contributed by atoms with Gasteiger partial charge in [-0.3, -0.25) is 4.40 Å². The van der Waals surface area contributed by atoms with Gasteiger partial charge in [0, 0.05) is 24.2 Å². The van der Waals surface area contributed by atoms with E-state index < -0.39 is 0 Å². The first-order valence-corrected chi connectivity index (χ1v) is 9.38. The molecule has 3 aromatic rings. The molecule has 1 aliphatic heterocycles. The first-order chi connectivity index (χ1) is 13.7. The number of nitrogens with zero attached hydrogens (tertiary/aromatic N) is 4. The Morgan fingerprint density at radius 2 is 2.32 bits per heavy atom. The average molecular weight is 381 g/mol. The molecule has 0 saturated heterocycles. The lowest BCUT2D eigenvalue weighted by Crippen LogP contribution is -2.42. The van der Waals surface area contributed by atoms with E-state index in [1.807, 2.05) is 48.0 Å². The van der Waals surface area contributed by atoms with E-state index >= 15 is 0 Å². The van der Waals surface area contributed by atoms with Crippen molar-refractivity contribution in [1.82, 2.24) is 24.6 Å². The minimum atomic E-state index is -0.207. The molecular formula is C20H23N5O3. The van der Waals surface area contributed by atoms with Crippen LogP contribution in [0.2, 0.25) is 0 Å². The summed E-state index contributed by atoms with van der Waals surface area (Å²) in [7, 11) is 0. The highest BCUT2D eigenvalue weighted by Gasteiger charge is 2.23. The van der Waals surface area contributed by atoms with Crippen molar-refractivity contribution in [3.8, 4) is 5.75 Å². The second-order valence-corrected chi connectivity index (χ2v) is 6.77. The standard InChI is InChI=1S/C20H23N5O3/c1-2-16(17-12-24-7-3-6-21-19(24)22-17)23-20(27)25-8-9-28-18-5-4-14(13-26)10-15(18)11-25/h3-7,10,12,16,26H,2,8-9,11,13H2,1H3,(H,23,27)/t16-/m1/s1. The van der Waals surface area contributed by atoms with Crippen LogP contribution in [0.15, 0.2) is 42.9 Å². The zero-order valence-corrected chi connectivity index (χ0v) is 15.7. The summed E-state index contributed by atoms with van der Waals surface area (Å²) in [5, 5.41) is 12.5. The van der Waals surface area contributed by atoms with Crippen LogP contribution >= 0.6 is 0 Å². The molecule has 8 heteroatoms. The summed E-state index contributed by atoms with van der Waals surface area (Å²) in [5.41, 5.74) is 2.47. The highest BCUT2D eigenvalue weighted by Crippen LogP contribution is 2.25. The van der Waals surface area contributed by atoms with Crippen molar-refractivity contribution >= 4 is 11.8 Å². The van der Waals surface area contributed by atoms with Crippen LogP contribution in [0.4, 0.5) is 4.79 Å². The highest BCUT2D eigenvalue weighted by molar-refractivity contribution is 5.75. The van der Waals surface area contributed by atoms with Gasteiger partial charge in [-0.15, -0.1) is 0 Å². The Morgan fingerprint density at radius 1 is 1.43 bits per heavy atom. The maximum Gasteiger partial charge on any atom is 0.318 e. The predicted octanol–water partition coefficient (Wildman–Crippen LogP) is 2.28. The summed E-state index contributed by atoms with van der Waals surface area (Å²) in [6.07, 6.45) is 6.19. The molecule has 2 amide bonds. The van der Waals surface area contributed by atoms with Gasteiger partial charge in [0.05, 0.1) is 31.4 Å². The quantitative estimate of drug-likeness (QED) is 0.723. The van der Waals surface area contributed by atoms with Crippen molar-refractivity contribution in [3.05, 3.63) is 59.7 Å². The maximum absolute atomic E-state index is 12.9. The van der Waals surface area contributed by atoms with Crippen molar-refractivity contribution in [1.29, 1.82) is 0 Å². The predicted molar refractivity (Wildman–Crippen MR) is 103 cm³/mol. The Hall–Kier alpha value is -3.13. The Kier molecular flexibility index (Phi) is 5.12. The molecule has 1 atom stereocenters. The highest BCUT2D eigenvalue weighted by atomic mass is 16.5. The molecule has 8 nitrogen and oxygen atoms in total. The molecule has 0 bridgehead atoms. The summed E-state index contributed by atoms with van der Waals surface area (Å²) in [5.74, 6) is 1.37. The zero-order chi connectivity index (χ0) is 19.5. The van der Waals surface area contributed by atoms with E-state index in [0.717, 1.165) is 22.6 Å². The summed E-state index contributed by atoms with van der Waals surface area (Å²) < 4.78 is 7.60. The number of carbonyl (C=O) groups excluding carboxylic acids is 1. The second-order valence-electron chi connectivity index (χ2n) is 6.77. The lowest BCUT2D eigenvalue weighted by atomic mass is 10.1. The third-order valence-corrected chi connectivity index (χ3v) is 4.89. The van der Waals surface area contributed by atoms with Crippen LogP contribution in [-0.2, 0) is 13.2 Å². The number of hydrogen-bond donors (Lipinski definition) is 2. The third-order valence-electron chi connectivity index (χ3n) is 4.89. The van der Waals surface area contributed by atoms with Crippen molar-refractivity contribution in [2.24, 2.45) is 0 Å². The normalized spacial score (nSPS) is 14.9. The van der Waals surface area contributed by atoms with Crippen LogP contribution in [0.1, 0.15) is 36.2 Å². The zero-order valence-electron chi connectivity index (χ0n) is 15.7. The van der Waals surface area contributed by atoms with Gasteiger partial charge in [-0.05, 0) is 30.2 Å². The summed E-state index contributed by atoms with van der Waals surface area (Å²) in [6, 6.07) is 7.03. The van der Waals surface area contributed by atoms with E-state index in [1.165, 1.54) is 0 Å². The molecule has 0 radical (unpaired) electrons. The second kappa shape index (κ2) is 7.85. The SMILES string of the molecule is CC[C@@H](NC(=O)N1CCOc2ccc(CO)cc2C1)c1cn2cccnc2n1. The first kappa shape index (κ1) is 18.2. The summed E-state index contributed by atoms with van der Waals surface area (Å²) >= 11 is 0. The number of hydrogen-bond acceptors (Lipinski definition) is 5. The minimum absolute atomic E-state index is 0.0424. The molecule has 0 unspecified atom stereocenters. The van der Waals surface area contributed by atoms with Crippen LogP contribution in [0.5, 0.6) is 5.75 Å². The number of ether oxygens (including phenoxy) is 1. The van der Waals surface area contributed by atoms with Gasteiger partial charge >= 0.3 is 6.03 Å². The van der Waals surface area contributed by atoms with Gasteiger partial charge < -0.3 is 20.1 Å². The fourth-order valence-electron chi connectivity index (χ4n) is 3.36. The number of urea groups is 1. The van der Waals surface area contributed by atoms with Gasteiger partial charge in [0.1, 0.15) is 12.4 Å². The van der Waals surface area contributed by atoms with Crippen molar-refractivity contribution < 1.29 is 14.6 Å². The molecule has 146 valence electrons. The van der Waals surface area contributed by atoms with E-state index in [9.17, 15) is 9.90 Å². The number of aliphatic hydroxyl groups excluding tert-OH is 1. The molecule has 1 aliphatic rings. The number of nitrogens with one attached hydrogen (secondary N) is 1. The topological polar surface area (TPSA) is 92.0 Å². The van der Waals surface area contributed by atoms with Gasteiger partial charge in [0.2, 0.25) is 5.78 Å². The fraction of sp³-hybridized carbons (Fsp3) is 0.350. The molecule has 2 N–H and O–H groups in total. The van der Waals surface area contributed by atoms with E-state index in [0.29, 0.717) is 31.9 Å². The van der Waals surface area contributed by atoms with Crippen molar-refractivity contribution in [2.45, 2.75) is 32.5 Å². The number of aromatic nitrogens is 3. The smallest absolute Gasteiger partial charge is 0.318 e. The Labute approximate surface area is 162 Å². The van der Waals surface area contributed by atoms with Crippen LogP contribution < -0.4 is 10.1 Å². The van der Waals surface area contributed by atoms with E-state index in [4.69, 9.17) is 4.74 Å². The van der Waals surface area contributed by atoms with Crippen LogP contribution in [-0.4, -0.2) is 43.6 Å². The van der Waals surface area contributed by atoms with Gasteiger partial charge in [-0.25, -0.2) is 14.8 Å². The molecule has 0 saturated carbocycles. The summed E-state index contributed by atoms with van der Waals surface area (Å²) in [4.78, 5) is 23.4. The Bertz CT molecular complexity index is 954. The number of fused-ring (bicyclic) bond motifs is 2. The third kappa shape index (κ3) is 3.63. The number of amides is 2. The molecule has 0 aliphatic carbocycles. The molecule has 2 aromatic heterocycles. The lowest BCUT2D eigenvalue weighted by molar-refractivity contribution is 0.183. The molecule has 0 fully saturated rings. The van der Waals surface area contributed by atoms with Crippen molar-refractivity contribution in [3.63, 3.8) is 0 Å². The average Bonchev–Trinajstić information content (AvgIpc) is 3.03. The fourth-order valence-corrected chi connectivity index (χ4v) is 3.36. The van der Waals surface area contributed by atoms with Gasteiger partial charge in [-0.1, -0.05) is 13.0 Å². The number of benzene rings is 1. The number of carbonyl (C=O) groups is 1.